The largest absolute Gasteiger partial charge is 0.497 e. The van der Waals surface area contributed by atoms with Gasteiger partial charge in [-0.25, -0.2) is 0 Å². The third-order valence-corrected chi connectivity index (χ3v) is 3.40. The molecule has 0 fully saturated rings. The molecule has 0 unspecified atom stereocenters. The van der Waals surface area contributed by atoms with Gasteiger partial charge in [-0.2, -0.15) is 0 Å². The lowest BCUT2D eigenvalue weighted by molar-refractivity contribution is 0.0503. The Labute approximate surface area is 123 Å². The van der Waals surface area contributed by atoms with Crippen molar-refractivity contribution in [2.75, 3.05) is 21.0 Å². The summed E-state index contributed by atoms with van der Waals surface area (Å²) in [6.45, 7) is 2.53. The summed E-state index contributed by atoms with van der Waals surface area (Å²) in [5.74, 6) is 1.79. The van der Waals surface area contributed by atoms with Crippen LogP contribution in [0.25, 0.3) is 0 Å². The summed E-state index contributed by atoms with van der Waals surface area (Å²) < 4.78 is 15.9. The number of rotatable bonds is 11. The number of ether oxygens (including phenoxy) is 3. The molecule has 0 atom stereocenters. The third kappa shape index (κ3) is 6.29. The van der Waals surface area contributed by atoms with Gasteiger partial charge in [-0.1, -0.05) is 39.0 Å². The normalized spacial score (nSPS) is 10.6. The summed E-state index contributed by atoms with van der Waals surface area (Å²) in [5.41, 5.74) is 1.21. The molecule has 0 spiro atoms. The van der Waals surface area contributed by atoms with Crippen LogP contribution in [0.5, 0.6) is 11.5 Å². The van der Waals surface area contributed by atoms with Crippen molar-refractivity contribution in [1.82, 2.24) is 0 Å². The van der Waals surface area contributed by atoms with Gasteiger partial charge in [0, 0.05) is 7.11 Å². The second-order valence-electron chi connectivity index (χ2n) is 5.04. The van der Waals surface area contributed by atoms with E-state index in [4.69, 9.17) is 14.2 Å². The standard InChI is InChI=1S/C17H28O3/c1-4-5-6-7-8-9-10-15-13-16(19-3)11-12-17(15)20-14-18-2/h11-13H,4-10,14H2,1-3H3. The first-order chi connectivity index (χ1) is 9.81. The van der Waals surface area contributed by atoms with Crippen LogP contribution in [0.3, 0.4) is 0 Å². The highest BCUT2D eigenvalue weighted by molar-refractivity contribution is 5.40. The predicted molar refractivity (Wildman–Crippen MR) is 82.6 cm³/mol. The number of hydrogen-bond donors (Lipinski definition) is 0. The van der Waals surface area contributed by atoms with Crippen molar-refractivity contribution in [1.29, 1.82) is 0 Å². The summed E-state index contributed by atoms with van der Waals surface area (Å²) in [5, 5.41) is 0. The lowest BCUT2D eigenvalue weighted by Gasteiger charge is -2.12. The maximum atomic E-state index is 5.60. The zero-order valence-corrected chi connectivity index (χ0v) is 13.1. The Balaban J connectivity index is 2.47. The number of unbranched alkanes of at least 4 members (excludes halogenated alkanes) is 5. The van der Waals surface area contributed by atoms with Crippen molar-refractivity contribution in [2.24, 2.45) is 0 Å². The van der Waals surface area contributed by atoms with Crippen LogP contribution in [0.1, 0.15) is 51.0 Å². The third-order valence-electron chi connectivity index (χ3n) is 3.40. The quantitative estimate of drug-likeness (QED) is 0.438. The summed E-state index contributed by atoms with van der Waals surface area (Å²) in [6, 6.07) is 5.96. The van der Waals surface area contributed by atoms with E-state index in [-0.39, 0.29) is 6.79 Å². The maximum Gasteiger partial charge on any atom is 0.188 e. The molecule has 0 radical (unpaired) electrons. The van der Waals surface area contributed by atoms with E-state index in [1.807, 2.05) is 12.1 Å². The smallest absolute Gasteiger partial charge is 0.188 e. The van der Waals surface area contributed by atoms with E-state index in [1.165, 1.54) is 44.1 Å². The summed E-state index contributed by atoms with van der Waals surface area (Å²) in [4.78, 5) is 0. The predicted octanol–water partition coefficient (Wildman–Crippen LogP) is 4.58. The SMILES string of the molecule is CCCCCCCCc1cc(OC)ccc1OCOC. The Bertz CT molecular complexity index is 363. The van der Waals surface area contributed by atoms with Crippen molar-refractivity contribution in [3.8, 4) is 11.5 Å². The topological polar surface area (TPSA) is 27.7 Å². The number of methoxy groups -OCH3 is 2. The molecule has 0 saturated heterocycles. The molecular formula is C17H28O3. The van der Waals surface area contributed by atoms with Crippen molar-refractivity contribution in [3.63, 3.8) is 0 Å². The maximum absolute atomic E-state index is 5.60. The van der Waals surface area contributed by atoms with Crippen molar-refractivity contribution >= 4 is 0 Å². The Kier molecular flexibility index (Phi) is 8.88. The van der Waals surface area contributed by atoms with Crippen LogP contribution in [0, 0.1) is 0 Å². The molecule has 0 aromatic heterocycles. The fourth-order valence-corrected chi connectivity index (χ4v) is 2.24. The van der Waals surface area contributed by atoms with E-state index in [9.17, 15) is 0 Å². The van der Waals surface area contributed by atoms with Gasteiger partial charge in [0.1, 0.15) is 11.5 Å². The van der Waals surface area contributed by atoms with Crippen LogP contribution in [-0.4, -0.2) is 21.0 Å². The lowest BCUT2D eigenvalue weighted by Crippen LogP contribution is -2.02. The molecule has 1 aromatic carbocycles. The van der Waals surface area contributed by atoms with E-state index in [0.717, 1.165) is 17.9 Å². The summed E-state index contributed by atoms with van der Waals surface area (Å²) in [6.07, 6.45) is 8.82. The first kappa shape index (κ1) is 16.8. The zero-order chi connectivity index (χ0) is 14.6. The van der Waals surface area contributed by atoms with Crippen LogP contribution in [0.15, 0.2) is 18.2 Å². The Morgan fingerprint density at radius 3 is 2.40 bits per heavy atom. The van der Waals surface area contributed by atoms with E-state index in [0.29, 0.717) is 0 Å². The van der Waals surface area contributed by atoms with Gasteiger partial charge in [-0.15, -0.1) is 0 Å². The molecule has 0 amide bonds. The number of hydrogen-bond acceptors (Lipinski definition) is 3. The van der Waals surface area contributed by atoms with Gasteiger partial charge in [0.15, 0.2) is 6.79 Å². The zero-order valence-electron chi connectivity index (χ0n) is 13.1. The van der Waals surface area contributed by atoms with Gasteiger partial charge >= 0.3 is 0 Å². The number of aryl methyl sites for hydroxylation is 1. The van der Waals surface area contributed by atoms with Gasteiger partial charge in [-0.3, -0.25) is 0 Å². The van der Waals surface area contributed by atoms with Crippen LogP contribution in [0.2, 0.25) is 0 Å². The van der Waals surface area contributed by atoms with Gasteiger partial charge in [-0.05, 0) is 36.6 Å². The lowest BCUT2D eigenvalue weighted by atomic mass is 10.0. The van der Waals surface area contributed by atoms with E-state index in [1.54, 1.807) is 14.2 Å². The Morgan fingerprint density at radius 1 is 0.950 bits per heavy atom. The van der Waals surface area contributed by atoms with Crippen molar-refractivity contribution in [3.05, 3.63) is 23.8 Å². The molecular weight excluding hydrogens is 252 g/mol. The average molecular weight is 280 g/mol. The summed E-state index contributed by atoms with van der Waals surface area (Å²) in [7, 11) is 3.33. The highest BCUT2D eigenvalue weighted by Gasteiger charge is 2.06. The highest BCUT2D eigenvalue weighted by Crippen LogP contribution is 2.26. The molecule has 1 rings (SSSR count). The van der Waals surface area contributed by atoms with Gasteiger partial charge < -0.3 is 14.2 Å². The summed E-state index contributed by atoms with van der Waals surface area (Å²) >= 11 is 0. The van der Waals surface area contributed by atoms with E-state index >= 15 is 0 Å². The molecule has 0 heterocycles. The fraction of sp³-hybridized carbons (Fsp3) is 0.647. The molecule has 0 aliphatic carbocycles. The second-order valence-corrected chi connectivity index (χ2v) is 5.04. The minimum Gasteiger partial charge on any atom is -0.497 e. The van der Waals surface area contributed by atoms with E-state index in [2.05, 4.69) is 13.0 Å². The van der Waals surface area contributed by atoms with Crippen LogP contribution >= 0.6 is 0 Å². The van der Waals surface area contributed by atoms with E-state index < -0.39 is 0 Å². The van der Waals surface area contributed by atoms with Crippen molar-refractivity contribution < 1.29 is 14.2 Å². The highest BCUT2D eigenvalue weighted by atomic mass is 16.7. The molecule has 0 aliphatic heterocycles. The van der Waals surface area contributed by atoms with Crippen molar-refractivity contribution in [2.45, 2.75) is 51.9 Å². The minimum atomic E-state index is 0.288. The molecule has 0 aliphatic rings. The van der Waals surface area contributed by atoms with Crippen LogP contribution in [0.4, 0.5) is 0 Å². The van der Waals surface area contributed by atoms with Crippen LogP contribution in [-0.2, 0) is 11.2 Å². The molecule has 1 aromatic rings. The second kappa shape index (κ2) is 10.6. The molecule has 0 saturated carbocycles. The molecule has 0 bridgehead atoms. The van der Waals surface area contributed by atoms with Crippen LogP contribution < -0.4 is 9.47 Å². The fourth-order valence-electron chi connectivity index (χ4n) is 2.24. The Hall–Kier alpha value is -1.22. The first-order valence-electron chi connectivity index (χ1n) is 7.60. The Morgan fingerprint density at radius 2 is 1.70 bits per heavy atom. The molecule has 20 heavy (non-hydrogen) atoms. The van der Waals surface area contributed by atoms with Gasteiger partial charge in [0.25, 0.3) is 0 Å². The molecule has 0 N–H and O–H groups in total. The number of benzene rings is 1. The average Bonchev–Trinajstić information content (AvgIpc) is 2.49. The van der Waals surface area contributed by atoms with Gasteiger partial charge in [0.05, 0.1) is 7.11 Å². The first-order valence-corrected chi connectivity index (χ1v) is 7.60. The minimum absolute atomic E-state index is 0.288. The van der Waals surface area contributed by atoms with Gasteiger partial charge in [0.2, 0.25) is 0 Å². The monoisotopic (exact) mass is 280 g/mol. The molecule has 3 heteroatoms. The molecule has 3 nitrogen and oxygen atoms in total. The molecule has 114 valence electrons.